The molecule has 0 spiro atoms. The first-order valence-corrected chi connectivity index (χ1v) is 4.41. The molecule has 2 heteroatoms. The van der Waals surface area contributed by atoms with Crippen molar-refractivity contribution in [2.75, 3.05) is 0 Å². The summed E-state index contributed by atoms with van der Waals surface area (Å²) in [6.45, 7) is 9.92. The molecule has 0 unspecified atom stereocenters. The van der Waals surface area contributed by atoms with Crippen molar-refractivity contribution in [1.82, 2.24) is 5.16 Å². The van der Waals surface area contributed by atoms with Gasteiger partial charge in [-0.3, -0.25) is 0 Å². The van der Waals surface area contributed by atoms with Gasteiger partial charge in [-0.1, -0.05) is 37.7 Å². The third-order valence-corrected chi connectivity index (χ3v) is 1.93. The maximum atomic E-state index is 5.17. The van der Waals surface area contributed by atoms with Crippen molar-refractivity contribution in [1.29, 1.82) is 0 Å². The van der Waals surface area contributed by atoms with E-state index in [4.69, 9.17) is 4.52 Å². The largest absolute Gasteiger partial charge is 0.356 e. The van der Waals surface area contributed by atoms with Crippen LogP contribution >= 0.6 is 0 Å². The minimum atomic E-state index is 0.421. The van der Waals surface area contributed by atoms with Crippen molar-refractivity contribution < 1.29 is 4.52 Å². The summed E-state index contributed by atoms with van der Waals surface area (Å²) >= 11 is 0. The third-order valence-electron chi connectivity index (χ3n) is 1.93. The van der Waals surface area contributed by atoms with Gasteiger partial charge in [0.1, 0.15) is 0 Å². The minimum absolute atomic E-state index is 0.421. The van der Waals surface area contributed by atoms with Crippen LogP contribution in [0, 0.1) is 12.8 Å². The Morgan fingerprint density at radius 2 is 2.31 bits per heavy atom. The van der Waals surface area contributed by atoms with Crippen LogP contribution in [-0.2, 0) is 0 Å². The van der Waals surface area contributed by atoms with E-state index in [-0.39, 0.29) is 0 Å². The van der Waals surface area contributed by atoms with Crippen LogP contribution in [0.2, 0.25) is 0 Å². The summed E-state index contributed by atoms with van der Waals surface area (Å²) in [5, 5.41) is 3.76. The molecule has 0 aromatic carbocycles. The lowest BCUT2D eigenvalue weighted by molar-refractivity contribution is 0.406. The van der Waals surface area contributed by atoms with E-state index in [1.165, 1.54) is 0 Å². The molecule has 0 atom stereocenters. The molecule has 0 amide bonds. The molecule has 0 aliphatic carbocycles. The van der Waals surface area contributed by atoms with Crippen LogP contribution in [0.4, 0.5) is 0 Å². The first kappa shape index (κ1) is 9.78. The molecule has 0 N–H and O–H groups in total. The predicted octanol–water partition coefficient (Wildman–Crippen LogP) is 3.21. The zero-order valence-corrected chi connectivity index (χ0v) is 8.37. The van der Waals surface area contributed by atoms with Gasteiger partial charge in [0.25, 0.3) is 0 Å². The molecule has 0 saturated carbocycles. The van der Waals surface area contributed by atoms with E-state index < -0.39 is 0 Å². The van der Waals surface area contributed by atoms with E-state index >= 15 is 0 Å². The van der Waals surface area contributed by atoms with Crippen LogP contribution < -0.4 is 0 Å². The average Bonchev–Trinajstić information content (AvgIpc) is 2.47. The third kappa shape index (κ3) is 2.08. The Hall–Kier alpha value is -1.31. The van der Waals surface area contributed by atoms with Crippen molar-refractivity contribution in [2.45, 2.75) is 20.8 Å². The summed E-state index contributed by atoms with van der Waals surface area (Å²) in [6, 6.07) is 0. The first-order valence-electron chi connectivity index (χ1n) is 4.41. The van der Waals surface area contributed by atoms with Gasteiger partial charge in [0, 0.05) is 11.1 Å². The Morgan fingerprint density at radius 1 is 1.62 bits per heavy atom. The van der Waals surface area contributed by atoms with Gasteiger partial charge >= 0.3 is 0 Å². The van der Waals surface area contributed by atoms with E-state index in [2.05, 4.69) is 25.6 Å². The molecule has 0 saturated heterocycles. The molecule has 2 nitrogen and oxygen atoms in total. The topological polar surface area (TPSA) is 26.0 Å². The molecular formula is C11H15NO. The molecule has 0 aliphatic rings. The number of hydrogen-bond donors (Lipinski definition) is 0. The first-order chi connectivity index (χ1) is 6.16. The molecule has 0 fully saturated rings. The minimum Gasteiger partial charge on any atom is -0.356 e. The maximum absolute atomic E-state index is 5.17. The highest BCUT2D eigenvalue weighted by Gasteiger charge is 2.12. The lowest BCUT2D eigenvalue weighted by Gasteiger charge is -2.07. The molecule has 70 valence electrons. The van der Waals surface area contributed by atoms with E-state index in [1.807, 2.05) is 13.0 Å². The van der Waals surface area contributed by atoms with E-state index in [9.17, 15) is 0 Å². The smallest absolute Gasteiger partial charge is 0.165 e. The average molecular weight is 177 g/mol. The Bertz CT molecular complexity index is 321. The fourth-order valence-corrected chi connectivity index (χ4v) is 1.23. The molecule has 1 aromatic heterocycles. The van der Waals surface area contributed by atoms with Gasteiger partial charge in [0.2, 0.25) is 0 Å². The van der Waals surface area contributed by atoms with Gasteiger partial charge in [0.05, 0.1) is 6.20 Å². The van der Waals surface area contributed by atoms with Crippen LogP contribution in [0.3, 0.4) is 0 Å². The summed E-state index contributed by atoms with van der Waals surface area (Å²) < 4.78 is 5.17. The number of nitrogens with zero attached hydrogens (tertiary/aromatic N) is 1. The van der Waals surface area contributed by atoms with Crippen LogP contribution in [0.25, 0.3) is 5.57 Å². The fraction of sp³-hybridized carbons (Fsp3) is 0.364. The van der Waals surface area contributed by atoms with Crippen molar-refractivity contribution >= 4 is 5.57 Å². The highest BCUT2D eigenvalue weighted by Crippen LogP contribution is 2.25. The second-order valence-electron chi connectivity index (χ2n) is 3.35. The molecule has 0 aliphatic heterocycles. The number of rotatable bonds is 3. The second kappa shape index (κ2) is 4.08. The molecule has 1 heterocycles. The quantitative estimate of drug-likeness (QED) is 0.662. The normalized spacial score (nSPS) is 12.2. The molecular weight excluding hydrogens is 162 g/mol. The molecule has 0 radical (unpaired) electrons. The summed E-state index contributed by atoms with van der Waals surface area (Å²) in [5.41, 5.74) is 2.21. The van der Waals surface area contributed by atoms with E-state index in [1.54, 1.807) is 12.3 Å². The van der Waals surface area contributed by atoms with Crippen LogP contribution in [0.15, 0.2) is 29.5 Å². The fourth-order valence-electron chi connectivity index (χ4n) is 1.23. The summed E-state index contributed by atoms with van der Waals surface area (Å²) in [7, 11) is 0. The zero-order valence-electron chi connectivity index (χ0n) is 8.37. The molecule has 1 rings (SSSR count). The van der Waals surface area contributed by atoms with Gasteiger partial charge in [-0.15, -0.1) is 0 Å². The van der Waals surface area contributed by atoms with E-state index in [0.29, 0.717) is 5.92 Å². The van der Waals surface area contributed by atoms with Gasteiger partial charge in [-0.05, 0) is 12.8 Å². The van der Waals surface area contributed by atoms with Crippen LogP contribution in [0.1, 0.15) is 25.2 Å². The Balaban J connectivity index is 3.09. The van der Waals surface area contributed by atoms with Gasteiger partial charge < -0.3 is 4.52 Å². The van der Waals surface area contributed by atoms with Gasteiger partial charge in [-0.2, -0.15) is 0 Å². The Kier molecular flexibility index (Phi) is 3.07. The molecule has 1 aromatic rings. The number of hydrogen-bond acceptors (Lipinski definition) is 2. The van der Waals surface area contributed by atoms with Gasteiger partial charge in [0.15, 0.2) is 5.76 Å². The monoisotopic (exact) mass is 177 g/mol. The highest BCUT2D eigenvalue weighted by atomic mass is 16.5. The molecule has 0 bridgehead atoms. The van der Waals surface area contributed by atoms with Crippen LogP contribution in [-0.4, -0.2) is 5.16 Å². The van der Waals surface area contributed by atoms with Crippen molar-refractivity contribution in [2.24, 2.45) is 5.92 Å². The summed E-state index contributed by atoms with van der Waals surface area (Å²) in [4.78, 5) is 0. The van der Waals surface area contributed by atoms with Crippen LogP contribution in [0.5, 0.6) is 0 Å². The van der Waals surface area contributed by atoms with Gasteiger partial charge in [-0.25, -0.2) is 0 Å². The highest BCUT2D eigenvalue weighted by molar-refractivity contribution is 5.66. The number of aryl methyl sites for hydroxylation is 1. The summed E-state index contributed by atoms with van der Waals surface area (Å²) in [6.07, 6.45) is 5.48. The Morgan fingerprint density at radius 3 is 2.69 bits per heavy atom. The lowest BCUT2D eigenvalue weighted by Crippen LogP contribution is -1.93. The standard InChI is InChI=1S/C11H15NO/c1-5-6-10(8(2)3)11-9(4)7-12-13-11/h5-8H,1H2,2-4H3/b10-6-. The van der Waals surface area contributed by atoms with Crippen molar-refractivity contribution in [3.63, 3.8) is 0 Å². The number of aromatic nitrogens is 1. The second-order valence-corrected chi connectivity index (χ2v) is 3.35. The van der Waals surface area contributed by atoms with E-state index in [0.717, 1.165) is 16.9 Å². The maximum Gasteiger partial charge on any atom is 0.165 e. The SMILES string of the molecule is C=C/C=C(\c1oncc1C)C(C)C. The lowest BCUT2D eigenvalue weighted by atomic mass is 9.98. The zero-order chi connectivity index (χ0) is 9.84. The predicted molar refractivity (Wildman–Crippen MR) is 54.3 cm³/mol. The van der Waals surface area contributed by atoms with Crippen molar-refractivity contribution in [3.8, 4) is 0 Å². The number of allylic oxidation sites excluding steroid dienone is 3. The summed E-state index contributed by atoms with van der Waals surface area (Å²) in [5.74, 6) is 1.29. The Labute approximate surface area is 78.9 Å². The van der Waals surface area contributed by atoms with Crippen molar-refractivity contribution in [3.05, 3.63) is 36.3 Å². The molecule has 13 heavy (non-hydrogen) atoms.